The summed E-state index contributed by atoms with van der Waals surface area (Å²) >= 11 is 0. The van der Waals surface area contributed by atoms with Crippen LogP contribution < -0.4 is 4.90 Å². The van der Waals surface area contributed by atoms with E-state index < -0.39 is 0 Å². The summed E-state index contributed by atoms with van der Waals surface area (Å²) in [5, 5.41) is 17.9. The van der Waals surface area contributed by atoms with Crippen LogP contribution in [0.2, 0.25) is 0 Å². The van der Waals surface area contributed by atoms with Gasteiger partial charge in [-0.2, -0.15) is 0 Å². The van der Waals surface area contributed by atoms with Crippen molar-refractivity contribution in [3.63, 3.8) is 0 Å². The summed E-state index contributed by atoms with van der Waals surface area (Å²) in [6, 6.07) is 76.3. The predicted octanol–water partition coefficient (Wildman–Crippen LogP) is 16.1. The maximum Gasteiger partial charge on any atom is 0.0733 e. The topological polar surface area (TPSA) is 16.1 Å². The number of nitrogens with zero attached hydrogens (tertiary/aromatic N) is 2. The number of hydrogen-bond donors (Lipinski definition) is 0. The van der Waals surface area contributed by atoms with Crippen molar-refractivity contribution in [3.8, 4) is 22.4 Å². The average molecular weight is 801 g/mol. The number of benzene rings is 11. The summed E-state index contributed by atoms with van der Waals surface area (Å²) in [6.07, 6.45) is 4.39. The third kappa shape index (κ3) is 5.48. The summed E-state index contributed by atoms with van der Waals surface area (Å²) in [7, 11) is 2.28. The Morgan fingerprint density at radius 1 is 0.349 bits per heavy atom. The highest BCUT2D eigenvalue weighted by Crippen LogP contribution is 2.50. The van der Waals surface area contributed by atoms with Crippen LogP contribution in [0.3, 0.4) is 0 Å². The van der Waals surface area contributed by atoms with Gasteiger partial charge in [0.05, 0.1) is 17.4 Å². The van der Waals surface area contributed by atoms with Crippen LogP contribution in [0.4, 0.5) is 5.69 Å². The molecular weight excluding hydrogens is 761 g/mol. The van der Waals surface area contributed by atoms with Gasteiger partial charge >= 0.3 is 0 Å². The Kier molecular flexibility index (Phi) is 7.92. The highest BCUT2D eigenvalue weighted by molar-refractivity contribution is 6.27. The first-order valence-electron chi connectivity index (χ1n) is 21.9. The third-order valence-electron chi connectivity index (χ3n) is 13.7. The minimum absolute atomic E-state index is 0.0295. The number of anilines is 1. The molecule has 1 aromatic heterocycles. The molecule has 1 unspecified atom stereocenters. The van der Waals surface area contributed by atoms with Crippen molar-refractivity contribution in [1.82, 2.24) is 4.98 Å². The van der Waals surface area contributed by atoms with Gasteiger partial charge in [0.2, 0.25) is 0 Å². The molecule has 0 spiro atoms. The van der Waals surface area contributed by atoms with E-state index >= 15 is 0 Å². The molecule has 13 rings (SSSR count). The van der Waals surface area contributed by atoms with E-state index in [-0.39, 0.29) is 6.04 Å². The van der Waals surface area contributed by atoms with Crippen LogP contribution >= 0.6 is 0 Å². The van der Waals surface area contributed by atoms with Crippen molar-refractivity contribution < 1.29 is 0 Å². The Bertz CT molecular complexity index is 3790. The molecule has 2 heterocycles. The molecule has 1 atom stereocenters. The lowest BCUT2D eigenvalue weighted by molar-refractivity contribution is 0.806. The molecule has 2 heteroatoms. The van der Waals surface area contributed by atoms with E-state index in [4.69, 9.17) is 0 Å². The van der Waals surface area contributed by atoms with E-state index in [1.807, 2.05) is 18.3 Å². The fourth-order valence-corrected chi connectivity index (χ4v) is 10.8. The summed E-state index contributed by atoms with van der Waals surface area (Å²) in [5.74, 6) is 0. The quantitative estimate of drug-likeness (QED) is 0.165. The first-order chi connectivity index (χ1) is 31.2. The molecule has 0 N–H and O–H groups in total. The van der Waals surface area contributed by atoms with Crippen molar-refractivity contribution in [1.29, 1.82) is 0 Å². The lowest BCUT2D eigenvalue weighted by atomic mass is 9.82. The number of aromatic nitrogens is 1. The number of rotatable bonds is 4. The van der Waals surface area contributed by atoms with E-state index in [1.165, 1.54) is 114 Å². The maximum atomic E-state index is 4.63. The van der Waals surface area contributed by atoms with E-state index in [9.17, 15) is 0 Å². The van der Waals surface area contributed by atoms with Gasteiger partial charge in [-0.25, -0.2) is 0 Å². The molecule has 63 heavy (non-hydrogen) atoms. The van der Waals surface area contributed by atoms with E-state index in [1.54, 1.807) is 0 Å². The zero-order chi connectivity index (χ0) is 41.6. The minimum Gasteiger partial charge on any atom is -0.363 e. The SMILES string of the molecule is CN1c2c(cc(-c3ccc(-c4ccccn4)cc3)c3ccccc23)C(c2ccc3c4ccccc4c4ccccc4c3c2)=CC1c1ccc2c3ccccc3c3ccccc3c2c1. The molecule has 0 saturated heterocycles. The molecule has 12 aromatic rings. The van der Waals surface area contributed by atoms with Gasteiger partial charge < -0.3 is 4.90 Å². The van der Waals surface area contributed by atoms with Gasteiger partial charge in [0.15, 0.2) is 0 Å². The molecule has 0 radical (unpaired) electrons. The molecule has 1 aliphatic rings. The molecule has 0 fully saturated rings. The van der Waals surface area contributed by atoms with Crippen LogP contribution in [0.5, 0.6) is 0 Å². The Labute approximate surface area is 365 Å². The van der Waals surface area contributed by atoms with E-state index in [0.717, 1.165) is 11.3 Å². The fourth-order valence-electron chi connectivity index (χ4n) is 10.8. The highest BCUT2D eigenvalue weighted by atomic mass is 15.1. The van der Waals surface area contributed by atoms with Crippen LogP contribution in [-0.4, -0.2) is 12.0 Å². The van der Waals surface area contributed by atoms with Crippen molar-refractivity contribution in [2.45, 2.75) is 6.04 Å². The van der Waals surface area contributed by atoms with Gasteiger partial charge in [0.25, 0.3) is 0 Å². The first kappa shape index (κ1) is 35.7. The van der Waals surface area contributed by atoms with Crippen molar-refractivity contribution >= 4 is 86.7 Å². The Morgan fingerprint density at radius 2 is 0.794 bits per heavy atom. The normalized spacial score (nSPS) is 14.0. The smallest absolute Gasteiger partial charge is 0.0733 e. The molecule has 0 bridgehead atoms. The number of likely N-dealkylation sites (N-methyl/N-ethyl adjacent to an activating group) is 1. The number of hydrogen-bond acceptors (Lipinski definition) is 2. The number of pyridine rings is 1. The second-order valence-corrected chi connectivity index (χ2v) is 17.0. The van der Waals surface area contributed by atoms with Crippen LogP contribution in [0.25, 0.3) is 103 Å². The predicted molar refractivity (Wildman–Crippen MR) is 269 cm³/mol. The summed E-state index contributed by atoms with van der Waals surface area (Å²) in [5.41, 5.74) is 10.7. The van der Waals surface area contributed by atoms with Gasteiger partial charge in [0, 0.05) is 29.8 Å². The van der Waals surface area contributed by atoms with Crippen LogP contribution in [0.1, 0.15) is 22.7 Å². The lowest BCUT2D eigenvalue weighted by Crippen LogP contribution is -2.27. The number of fused-ring (bicyclic) bond motifs is 15. The minimum atomic E-state index is -0.0295. The highest BCUT2D eigenvalue weighted by Gasteiger charge is 2.30. The van der Waals surface area contributed by atoms with E-state index in [2.05, 4.69) is 217 Å². The first-order valence-corrected chi connectivity index (χ1v) is 21.9. The second-order valence-electron chi connectivity index (χ2n) is 17.0. The second kappa shape index (κ2) is 14.0. The van der Waals surface area contributed by atoms with Crippen molar-refractivity contribution in [3.05, 3.63) is 235 Å². The van der Waals surface area contributed by atoms with Gasteiger partial charge in [-0.1, -0.05) is 176 Å². The summed E-state index contributed by atoms with van der Waals surface area (Å²) in [4.78, 5) is 7.15. The Balaban J connectivity index is 1.07. The molecular formula is C61H40N2. The van der Waals surface area contributed by atoms with Crippen molar-refractivity contribution in [2.75, 3.05) is 11.9 Å². The monoisotopic (exact) mass is 800 g/mol. The molecule has 294 valence electrons. The van der Waals surface area contributed by atoms with Crippen molar-refractivity contribution in [2.24, 2.45) is 0 Å². The van der Waals surface area contributed by atoms with Gasteiger partial charge in [-0.3, -0.25) is 4.98 Å². The molecule has 11 aromatic carbocycles. The Hall–Kier alpha value is -8.07. The van der Waals surface area contributed by atoms with Crippen LogP contribution in [0.15, 0.2) is 219 Å². The van der Waals surface area contributed by atoms with E-state index in [0.29, 0.717) is 0 Å². The lowest BCUT2D eigenvalue weighted by Gasteiger charge is -2.37. The Morgan fingerprint density at radius 3 is 1.35 bits per heavy atom. The zero-order valence-electron chi connectivity index (χ0n) is 34.8. The standard InChI is InChI=1S/C61H40N2/c1-63-60(41-30-32-52-47-19-5-3-15-43(47)45-17-7-9-21-49(45)57(52)35-41)37-55(40-29-31-51-46-18-4-2-14-42(46)44-16-6-8-20-48(44)56(51)34-40)58-36-54(50-22-10-11-23-53(50)61(58)63)38-25-27-39(28-26-38)59-24-12-13-33-62-59/h2-37,60H,1H3. The fraction of sp³-hybridized carbons (Fsp3) is 0.0328. The third-order valence-corrected chi connectivity index (χ3v) is 13.7. The average Bonchev–Trinajstić information content (AvgIpc) is 3.36. The zero-order valence-corrected chi connectivity index (χ0v) is 34.8. The molecule has 2 nitrogen and oxygen atoms in total. The molecule has 1 aliphatic heterocycles. The largest absolute Gasteiger partial charge is 0.363 e. The van der Waals surface area contributed by atoms with Gasteiger partial charge in [0.1, 0.15) is 0 Å². The summed E-state index contributed by atoms with van der Waals surface area (Å²) in [6.45, 7) is 0. The van der Waals surface area contributed by atoms with Gasteiger partial charge in [-0.15, -0.1) is 0 Å². The molecule has 0 amide bonds. The molecule has 0 saturated carbocycles. The molecule has 0 aliphatic carbocycles. The van der Waals surface area contributed by atoms with Crippen LogP contribution in [-0.2, 0) is 0 Å². The summed E-state index contributed by atoms with van der Waals surface area (Å²) < 4.78 is 0. The maximum absolute atomic E-state index is 4.63. The van der Waals surface area contributed by atoms with Gasteiger partial charge in [-0.05, 0) is 134 Å². The van der Waals surface area contributed by atoms with Crippen LogP contribution in [0, 0.1) is 0 Å².